The van der Waals surface area contributed by atoms with E-state index < -0.39 is 0 Å². The minimum Gasteiger partial charge on any atom is -0.312 e. The smallest absolute Gasteiger partial charge is 0.0843 e. The standard InChI is InChI=1S/C9H13Br2NS/c1-3-4-7(12-2)8-5-6(10)9(11)13-8/h5,7,12H,3-4H2,1-2H3. The molecule has 0 spiro atoms. The number of hydrogen-bond donors (Lipinski definition) is 1. The van der Waals surface area contributed by atoms with E-state index in [0.717, 1.165) is 4.47 Å². The maximum Gasteiger partial charge on any atom is 0.0843 e. The van der Waals surface area contributed by atoms with Gasteiger partial charge in [-0.15, -0.1) is 11.3 Å². The average molecular weight is 327 g/mol. The minimum atomic E-state index is 0.498. The summed E-state index contributed by atoms with van der Waals surface area (Å²) < 4.78 is 2.34. The zero-order valence-corrected chi connectivity index (χ0v) is 11.7. The van der Waals surface area contributed by atoms with Gasteiger partial charge >= 0.3 is 0 Å². The molecule has 1 aromatic rings. The second-order valence-corrected chi connectivity index (χ2v) is 6.16. The molecule has 74 valence electrons. The zero-order chi connectivity index (χ0) is 9.84. The van der Waals surface area contributed by atoms with Crippen LogP contribution in [-0.4, -0.2) is 7.05 Å². The van der Waals surface area contributed by atoms with Crippen LogP contribution in [0.5, 0.6) is 0 Å². The van der Waals surface area contributed by atoms with Crippen molar-refractivity contribution >= 4 is 43.2 Å². The van der Waals surface area contributed by atoms with Gasteiger partial charge in [0.05, 0.1) is 3.79 Å². The summed E-state index contributed by atoms with van der Waals surface area (Å²) >= 11 is 8.80. The van der Waals surface area contributed by atoms with E-state index in [0.29, 0.717) is 6.04 Å². The van der Waals surface area contributed by atoms with E-state index in [-0.39, 0.29) is 0 Å². The van der Waals surface area contributed by atoms with Crippen LogP contribution in [-0.2, 0) is 0 Å². The maximum absolute atomic E-state index is 3.51. The highest BCUT2D eigenvalue weighted by atomic mass is 79.9. The number of hydrogen-bond acceptors (Lipinski definition) is 2. The molecule has 0 saturated carbocycles. The highest BCUT2D eigenvalue weighted by Gasteiger charge is 2.12. The molecule has 0 radical (unpaired) electrons. The third-order valence-corrected chi connectivity index (χ3v) is 5.30. The first-order chi connectivity index (χ1) is 6.19. The Morgan fingerprint density at radius 1 is 1.54 bits per heavy atom. The summed E-state index contributed by atoms with van der Waals surface area (Å²) in [5.41, 5.74) is 0. The summed E-state index contributed by atoms with van der Waals surface area (Å²) in [5.74, 6) is 0. The average Bonchev–Trinajstić information content (AvgIpc) is 2.43. The number of halogens is 2. The van der Waals surface area contributed by atoms with E-state index in [1.54, 1.807) is 11.3 Å². The molecule has 4 heteroatoms. The molecule has 1 rings (SSSR count). The molecular weight excluding hydrogens is 314 g/mol. The first kappa shape index (κ1) is 11.7. The summed E-state index contributed by atoms with van der Waals surface area (Å²) in [6, 6.07) is 2.68. The lowest BCUT2D eigenvalue weighted by atomic mass is 10.1. The summed E-state index contributed by atoms with van der Waals surface area (Å²) in [7, 11) is 2.02. The van der Waals surface area contributed by atoms with Crippen LogP contribution >= 0.6 is 43.2 Å². The van der Waals surface area contributed by atoms with E-state index >= 15 is 0 Å². The predicted molar refractivity (Wildman–Crippen MR) is 66.4 cm³/mol. The van der Waals surface area contributed by atoms with Gasteiger partial charge in [-0.1, -0.05) is 13.3 Å². The third-order valence-electron chi connectivity index (χ3n) is 1.93. The van der Waals surface area contributed by atoms with Gasteiger partial charge in [0, 0.05) is 15.4 Å². The molecule has 0 fully saturated rings. The molecule has 0 aliphatic heterocycles. The van der Waals surface area contributed by atoms with Gasteiger partial charge in [0.2, 0.25) is 0 Å². The lowest BCUT2D eigenvalue weighted by molar-refractivity contribution is 0.550. The van der Waals surface area contributed by atoms with Crippen molar-refractivity contribution < 1.29 is 0 Å². The van der Waals surface area contributed by atoms with Crippen molar-refractivity contribution in [1.29, 1.82) is 0 Å². The van der Waals surface area contributed by atoms with Gasteiger partial charge in [0.25, 0.3) is 0 Å². The van der Waals surface area contributed by atoms with Crippen molar-refractivity contribution in [2.45, 2.75) is 25.8 Å². The van der Waals surface area contributed by atoms with E-state index in [1.165, 1.54) is 21.5 Å². The van der Waals surface area contributed by atoms with Crippen molar-refractivity contribution in [3.8, 4) is 0 Å². The van der Waals surface area contributed by atoms with Gasteiger partial charge in [0.1, 0.15) is 0 Å². The van der Waals surface area contributed by atoms with Gasteiger partial charge in [-0.05, 0) is 51.4 Å². The Labute approximate surface area is 100 Å². The Morgan fingerprint density at radius 2 is 2.23 bits per heavy atom. The Hall–Kier alpha value is 0.620. The topological polar surface area (TPSA) is 12.0 Å². The monoisotopic (exact) mass is 325 g/mol. The molecule has 0 amide bonds. The molecule has 13 heavy (non-hydrogen) atoms. The minimum absolute atomic E-state index is 0.498. The van der Waals surface area contributed by atoms with Crippen LogP contribution in [0.3, 0.4) is 0 Å². The van der Waals surface area contributed by atoms with Crippen molar-refractivity contribution in [3.05, 3.63) is 19.2 Å². The highest BCUT2D eigenvalue weighted by Crippen LogP contribution is 2.36. The molecule has 1 unspecified atom stereocenters. The molecule has 1 nitrogen and oxygen atoms in total. The van der Waals surface area contributed by atoms with Gasteiger partial charge in [-0.3, -0.25) is 0 Å². The first-order valence-electron chi connectivity index (χ1n) is 4.31. The molecule has 0 aliphatic carbocycles. The normalized spacial score (nSPS) is 13.2. The zero-order valence-electron chi connectivity index (χ0n) is 7.73. The number of thiophene rings is 1. The Bertz CT molecular complexity index is 253. The van der Waals surface area contributed by atoms with Gasteiger partial charge in [0.15, 0.2) is 0 Å². The molecule has 1 N–H and O–H groups in total. The molecule has 0 aliphatic rings. The molecule has 0 aromatic carbocycles. The third kappa shape index (κ3) is 3.05. The fourth-order valence-corrected chi connectivity index (χ4v) is 3.49. The fraction of sp³-hybridized carbons (Fsp3) is 0.556. The molecule has 0 bridgehead atoms. The fourth-order valence-electron chi connectivity index (χ4n) is 1.25. The van der Waals surface area contributed by atoms with Crippen LogP contribution < -0.4 is 5.32 Å². The molecule has 0 saturated heterocycles. The lowest BCUT2D eigenvalue weighted by Crippen LogP contribution is -2.14. The largest absolute Gasteiger partial charge is 0.312 e. The summed E-state index contributed by atoms with van der Waals surface area (Å²) in [4.78, 5) is 1.39. The van der Waals surface area contributed by atoms with Crippen LogP contribution in [0.25, 0.3) is 0 Å². The molecule has 1 atom stereocenters. The number of rotatable bonds is 4. The summed E-state index contributed by atoms with van der Waals surface area (Å²) in [5, 5.41) is 3.33. The van der Waals surface area contributed by atoms with Gasteiger partial charge < -0.3 is 5.32 Å². The second kappa shape index (κ2) is 5.49. The van der Waals surface area contributed by atoms with E-state index in [9.17, 15) is 0 Å². The predicted octanol–water partition coefficient (Wildman–Crippen LogP) is 4.33. The lowest BCUT2D eigenvalue weighted by Gasteiger charge is -2.12. The Morgan fingerprint density at radius 3 is 2.62 bits per heavy atom. The van der Waals surface area contributed by atoms with Crippen LogP contribution in [0.2, 0.25) is 0 Å². The Balaban J connectivity index is 2.78. The summed E-state index contributed by atoms with van der Waals surface area (Å²) in [6.07, 6.45) is 2.40. The van der Waals surface area contributed by atoms with Crippen molar-refractivity contribution in [2.75, 3.05) is 7.05 Å². The summed E-state index contributed by atoms with van der Waals surface area (Å²) in [6.45, 7) is 2.21. The van der Waals surface area contributed by atoms with Gasteiger partial charge in [-0.2, -0.15) is 0 Å². The maximum atomic E-state index is 3.51. The quantitative estimate of drug-likeness (QED) is 0.868. The molecule has 1 aromatic heterocycles. The van der Waals surface area contributed by atoms with Crippen LogP contribution in [0.1, 0.15) is 30.7 Å². The van der Waals surface area contributed by atoms with Crippen molar-refractivity contribution in [3.63, 3.8) is 0 Å². The van der Waals surface area contributed by atoms with Crippen molar-refractivity contribution in [1.82, 2.24) is 5.32 Å². The Kier molecular flexibility index (Phi) is 4.94. The van der Waals surface area contributed by atoms with E-state index in [2.05, 4.69) is 50.2 Å². The first-order valence-corrected chi connectivity index (χ1v) is 6.71. The second-order valence-electron chi connectivity index (χ2n) is 2.90. The number of nitrogens with one attached hydrogen (secondary N) is 1. The SMILES string of the molecule is CCCC(NC)c1cc(Br)c(Br)s1. The van der Waals surface area contributed by atoms with Crippen LogP contribution in [0.15, 0.2) is 14.3 Å². The van der Waals surface area contributed by atoms with Crippen molar-refractivity contribution in [2.24, 2.45) is 0 Å². The van der Waals surface area contributed by atoms with E-state index in [4.69, 9.17) is 0 Å². The van der Waals surface area contributed by atoms with Crippen LogP contribution in [0.4, 0.5) is 0 Å². The van der Waals surface area contributed by atoms with Gasteiger partial charge in [-0.25, -0.2) is 0 Å². The van der Waals surface area contributed by atoms with E-state index in [1.807, 2.05) is 7.05 Å². The highest BCUT2D eigenvalue weighted by molar-refractivity contribution is 9.13. The molecule has 1 heterocycles. The van der Waals surface area contributed by atoms with Crippen LogP contribution in [0, 0.1) is 0 Å². The molecular formula is C9H13Br2NS.